The van der Waals surface area contributed by atoms with Crippen LogP contribution in [0.15, 0.2) is 4.99 Å². The average molecular weight is 269 g/mol. The lowest BCUT2D eigenvalue weighted by Crippen LogP contribution is -2.42. The van der Waals surface area contributed by atoms with Gasteiger partial charge in [-0.3, -0.25) is 4.99 Å². The molecule has 0 radical (unpaired) electrons. The molecule has 2 aliphatic heterocycles. The van der Waals surface area contributed by atoms with Crippen LogP contribution in [0.3, 0.4) is 0 Å². The first kappa shape index (κ1) is 14.2. The summed E-state index contributed by atoms with van der Waals surface area (Å²) in [6.45, 7) is 10.5. The van der Waals surface area contributed by atoms with Gasteiger partial charge in [0, 0.05) is 18.3 Å². The molecule has 104 valence electrons. The number of nitrogens with zero attached hydrogens (tertiary/aromatic N) is 2. The van der Waals surface area contributed by atoms with Crippen LogP contribution in [0.2, 0.25) is 0 Å². The van der Waals surface area contributed by atoms with E-state index in [0.717, 1.165) is 12.3 Å². The summed E-state index contributed by atoms with van der Waals surface area (Å²) in [4.78, 5) is 7.36. The van der Waals surface area contributed by atoms with E-state index in [1.807, 2.05) is 11.8 Å². The van der Waals surface area contributed by atoms with E-state index in [1.54, 1.807) is 0 Å². The van der Waals surface area contributed by atoms with Crippen LogP contribution >= 0.6 is 11.8 Å². The van der Waals surface area contributed by atoms with Crippen LogP contribution in [0.25, 0.3) is 0 Å². The minimum Gasteiger partial charge on any atom is -0.361 e. The third-order valence-electron chi connectivity index (χ3n) is 3.79. The minimum atomic E-state index is 0.514. The quantitative estimate of drug-likeness (QED) is 0.850. The number of hydrogen-bond acceptors (Lipinski definition) is 4. The zero-order valence-electron chi connectivity index (χ0n) is 12.0. The molecule has 2 unspecified atom stereocenters. The van der Waals surface area contributed by atoms with E-state index in [1.165, 1.54) is 37.5 Å². The minimum absolute atomic E-state index is 0.514. The molecule has 0 aliphatic carbocycles. The largest absolute Gasteiger partial charge is 0.361 e. The van der Waals surface area contributed by atoms with Gasteiger partial charge in [-0.05, 0) is 38.8 Å². The predicted molar refractivity (Wildman–Crippen MR) is 81.4 cm³/mol. The Morgan fingerprint density at radius 1 is 1.28 bits per heavy atom. The van der Waals surface area contributed by atoms with E-state index >= 15 is 0 Å². The van der Waals surface area contributed by atoms with Crippen molar-refractivity contribution in [1.82, 2.24) is 10.2 Å². The number of rotatable bonds is 4. The van der Waals surface area contributed by atoms with Crippen LogP contribution in [0.4, 0.5) is 0 Å². The summed E-state index contributed by atoms with van der Waals surface area (Å²) in [5, 5.41) is 4.75. The normalized spacial score (nSPS) is 27.3. The summed E-state index contributed by atoms with van der Waals surface area (Å²) in [5.74, 6) is 1.81. The van der Waals surface area contributed by atoms with Gasteiger partial charge in [0.2, 0.25) is 0 Å². The van der Waals surface area contributed by atoms with E-state index in [4.69, 9.17) is 4.99 Å². The third-order valence-corrected chi connectivity index (χ3v) is 4.80. The standard InChI is InChI=1S/C14H27N3S/c1-11(2)13-10-18-14(16-13)15-12(3)9-17-7-5-4-6-8-17/h11-13H,4-10H2,1-3H3,(H,15,16). The number of aliphatic imine (C=N–C) groups is 1. The maximum atomic E-state index is 4.77. The van der Waals surface area contributed by atoms with Crippen LogP contribution in [0.1, 0.15) is 40.0 Å². The highest BCUT2D eigenvalue weighted by Crippen LogP contribution is 2.22. The Kier molecular flexibility index (Phi) is 5.37. The Morgan fingerprint density at radius 3 is 2.61 bits per heavy atom. The van der Waals surface area contributed by atoms with Gasteiger partial charge >= 0.3 is 0 Å². The van der Waals surface area contributed by atoms with E-state index in [0.29, 0.717) is 18.0 Å². The molecule has 0 bridgehead atoms. The first-order chi connectivity index (χ1) is 8.65. The molecule has 1 N–H and O–H groups in total. The van der Waals surface area contributed by atoms with Crippen LogP contribution in [-0.2, 0) is 0 Å². The SMILES string of the molecule is CC(CN1CCCCC1)NC1=NC(C(C)C)CS1. The monoisotopic (exact) mass is 269 g/mol. The van der Waals surface area contributed by atoms with Crippen molar-refractivity contribution in [3.05, 3.63) is 0 Å². The van der Waals surface area contributed by atoms with E-state index in [2.05, 4.69) is 31.0 Å². The fourth-order valence-corrected chi connectivity index (χ4v) is 3.88. The fourth-order valence-electron chi connectivity index (χ4n) is 2.60. The molecular weight excluding hydrogens is 242 g/mol. The Labute approximate surface area is 116 Å². The highest BCUT2D eigenvalue weighted by atomic mass is 32.2. The molecule has 4 heteroatoms. The predicted octanol–water partition coefficient (Wildman–Crippen LogP) is 2.58. The van der Waals surface area contributed by atoms with Gasteiger partial charge in [-0.2, -0.15) is 0 Å². The molecule has 0 aromatic heterocycles. The topological polar surface area (TPSA) is 27.6 Å². The average Bonchev–Trinajstić information content (AvgIpc) is 2.78. The van der Waals surface area contributed by atoms with Gasteiger partial charge < -0.3 is 10.2 Å². The molecule has 1 fully saturated rings. The molecule has 1 saturated heterocycles. The second kappa shape index (κ2) is 6.80. The van der Waals surface area contributed by atoms with Crippen LogP contribution < -0.4 is 5.32 Å². The molecule has 2 atom stereocenters. The molecule has 3 nitrogen and oxygen atoms in total. The molecule has 0 aromatic carbocycles. The van der Waals surface area contributed by atoms with E-state index in [-0.39, 0.29) is 0 Å². The molecule has 2 aliphatic rings. The smallest absolute Gasteiger partial charge is 0.157 e. The third kappa shape index (κ3) is 4.16. The number of amidine groups is 1. The maximum Gasteiger partial charge on any atom is 0.157 e. The number of hydrogen-bond donors (Lipinski definition) is 1. The van der Waals surface area contributed by atoms with E-state index < -0.39 is 0 Å². The van der Waals surface area contributed by atoms with Crippen molar-refractivity contribution in [2.45, 2.75) is 52.1 Å². The summed E-state index contributed by atoms with van der Waals surface area (Å²) < 4.78 is 0. The van der Waals surface area contributed by atoms with Gasteiger partial charge in [-0.1, -0.05) is 32.0 Å². The Bertz CT molecular complexity index is 285. The van der Waals surface area contributed by atoms with Crippen LogP contribution in [0.5, 0.6) is 0 Å². The van der Waals surface area contributed by atoms with Crippen molar-refractivity contribution in [1.29, 1.82) is 0 Å². The van der Waals surface area contributed by atoms with Gasteiger partial charge in [0.25, 0.3) is 0 Å². The zero-order chi connectivity index (χ0) is 13.0. The summed E-state index contributed by atoms with van der Waals surface area (Å²) in [6, 6.07) is 1.03. The molecule has 2 rings (SSSR count). The molecular formula is C14H27N3S. The fraction of sp³-hybridized carbons (Fsp3) is 0.929. The second-order valence-corrected chi connectivity index (χ2v) is 6.97. The van der Waals surface area contributed by atoms with Gasteiger partial charge in [0.05, 0.1) is 6.04 Å². The molecule has 0 saturated carbocycles. The van der Waals surface area contributed by atoms with Gasteiger partial charge in [0.1, 0.15) is 0 Å². The molecule has 2 heterocycles. The lowest BCUT2D eigenvalue weighted by Gasteiger charge is -2.29. The van der Waals surface area contributed by atoms with Gasteiger partial charge in [0.15, 0.2) is 5.17 Å². The van der Waals surface area contributed by atoms with Crippen LogP contribution in [0, 0.1) is 5.92 Å². The highest BCUT2D eigenvalue weighted by Gasteiger charge is 2.22. The second-order valence-electron chi connectivity index (χ2n) is 5.96. The van der Waals surface area contributed by atoms with Gasteiger partial charge in [-0.25, -0.2) is 0 Å². The molecule has 18 heavy (non-hydrogen) atoms. The zero-order valence-corrected chi connectivity index (χ0v) is 12.8. The lowest BCUT2D eigenvalue weighted by atomic mass is 10.1. The van der Waals surface area contributed by atoms with Crippen molar-refractivity contribution in [2.75, 3.05) is 25.4 Å². The summed E-state index contributed by atoms with van der Waals surface area (Å²) in [7, 11) is 0. The first-order valence-corrected chi connectivity index (χ1v) is 8.33. The first-order valence-electron chi connectivity index (χ1n) is 7.34. The Morgan fingerprint density at radius 2 is 2.00 bits per heavy atom. The maximum absolute atomic E-state index is 4.77. The number of nitrogens with one attached hydrogen (secondary N) is 1. The Balaban J connectivity index is 1.73. The molecule has 0 amide bonds. The highest BCUT2D eigenvalue weighted by molar-refractivity contribution is 8.14. The summed E-state index contributed by atoms with van der Waals surface area (Å²) >= 11 is 1.89. The summed E-state index contributed by atoms with van der Waals surface area (Å²) in [6.07, 6.45) is 4.16. The van der Waals surface area contributed by atoms with Gasteiger partial charge in [-0.15, -0.1) is 0 Å². The summed E-state index contributed by atoms with van der Waals surface area (Å²) in [5.41, 5.74) is 0. The van der Waals surface area contributed by atoms with Crippen molar-refractivity contribution < 1.29 is 0 Å². The number of likely N-dealkylation sites (tertiary alicyclic amines) is 1. The molecule has 0 spiro atoms. The lowest BCUT2D eigenvalue weighted by molar-refractivity contribution is 0.215. The van der Waals surface area contributed by atoms with Crippen molar-refractivity contribution in [2.24, 2.45) is 10.9 Å². The van der Waals surface area contributed by atoms with E-state index in [9.17, 15) is 0 Å². The van der Waals surface area contributed by atoms with Crippen molar-refractivity contribution in [3.63, 3.8) is 0 Å². The van der Waals surface area contributed by atoms with Crippen molar-refractivity contribution in [3.8, 4) is 0 Å². The Hall–Kier alpha value is -0.220. The van der Waals surface area contributed by atoms with Crippen LogP contribution in [-0.4, -0.2) is 47.5 Å². The number of piperidine rings is 1. The van der Waals surface area contributed by atoms with Crippen molar-refractivity contribution >= 4 is 16.9 Å². The number of thioether (sulfide) groups is 1. The molecule has 0 aromatic rings.